The van der Waals surface area contributed by atoms with Gasteiger partial charge in [0.2, 0.25) is 5.82 Å². The number of anilines is 1. The number of nitrogens with one attached hydrogen (secondary N) is 2. The van der Waals surface area contributed by atoms with Crippen molar-refractivity contribution in [3.63, 3.8) is 0 Å². The molecule has 0 amide bonds. The Bertz CT molecular complexity index is 1060. The number of rotatable bonds is 7. The summed E-state index contributed by atoms with van der Waals surface area (Å²) >= 11 is 0. The van der Waals surface area contributed by atoms with Crippen molar-refractivity contribution >= 4 is 17.2 Å². The summed E-state index contributed by atoms with van der Waals surface area (Å²) in [7, 11) is 1.51. The second kappa shape index (κ2) is 8.33. The topological polar surface area (TPSA) is 146 Å². The number of carboxylic acids is 1. The van der Waals surface area contributed by atoms with Crippen LogP contribution in [0.5, 0.6) is 17.2 Å². The van der Waals surface area contributed by atoms with Crippen LogP contribution in [0, 0.1) is 11.3 Å². The van der Waals surface area contributed by atoms with Gasteiger partial charge in [0, 0.05) is 6.20 Å². The fourth-order valence-corrected chi connectivity index (χ4v) is 2.29. The molecule has 0 unspecified atom stereocenters. The summed E-state index contributed by atoms with van der Waals surface area (Å²) in [5.74, 6) is 0.201. The molecule has 0 radical (unpaired) electrons. The number of ether oxygens (including phenoxy) is 2. The van der Waals surface area contributed by atoms with Crippen LogP contribution in [0.25, 0.3) is 5.57 Å². The van der Waals surface area contributed by atoms with Gasteiger partial charge in [0.15, 0.2) is 11.5 Å². The average molecular weight is 378 g/mol. The van der Waals surface area contributed by atoms with Gasteiger partial charge >= 0.3 is 5.97 Å². The Labute approximate surface area is 159 Å². The van der Waals surface area contributed by atoms with Crippen molar-refractivity contribution in [1.29, 1.82) is 5.26 Å². The van der Waals surface area contributed by atoms with Gasteiger partial charge in [-0.15, -0.1) is 10.2 Å². The first kappa shape index (κ1) is 18.4. The van der Waals surface area contributed by atoms with E-state index >= 15 is 0 Å². The van der Waals surface area contributed by atoms with Crippen LogP contribution in [0.4, 0.5) is 5.69 Å². The molecule has 3 aromatic rings. The number of para-hydroxylation sites is 2. The predicted octanol–water partition coefficient (Wildman–Crippen LogP) is 2.68. The third kappa shape index (κ3) is 4.05. The normalized spacial score (nSPS) is 10.8. The molecule has 2 aromatic carbocycles. The molecule has 0 fully saturated rings. The largest absolute Gasteiger partial charge is 0.493 e. The SMILES string of the molecule is COc1ccccc1Oc1ccc(NC=C(C#N)c2nn[nH]n2)c(C(=O)O)c1. The number of allylic oxidation sites excluding steroid dienone is 1. The summed E-state index contributed by atoms with van der Waals surface area (Å²) < 4.78 is 11.0. The van der Waals surface area contributed by atoms with Crippen molar-refractivity contribution in [1.82, 2.24) is 20.6 Å². The maximum absolute atomic E-state index is 11.6. The van der Waals surface area contributed by atoms with E-state index in [0.29, 0.717) is 17.2 Å². The molecule has 1 aromatic heterocycles. The van der Waals surface area contributed by atoms with Crippen molar-refractivity contribution in [2.24, 2.45) is 0 Å². The number of aromatic carboxylic acids is 1. The number of methoxy groups -OCH3 is 1. The van der Waals surface area contributed by atoms with Gasteiger partial charge in [-0.1, -0.05) is 12.1 Å². The van der Waals surface area contributed by atoms with Gasteiger partial charge in [-0.05, 0) is 35.5 Å². The van der Waals surface area contributed by atoms with Crippen LogP contribution in [-0.4, -0.2) is 38.8 Å². The number of hydrogen-bond acceptors (Lipinski definition) is 8. The zero-order valence-electron chi connectivity index (χ0n) is 14.6. The first-order valence-corrected chi connectivity index (χ1v) is 7.91. The molecular formula is C18H14N6O4. The van der Waals surface area contributed by atoms with Gasteiger partial charge < -0.3 is 19.9 Å². The lowest BCUT2D eigenvalue weighted by atomic mass is 10.1. The standard InChI is InChI=1S/C18H14N6O4/c1-27-15-4-2-3-5-16(15)28-12-6-7-14(13(8-12)18(25)26)20-10-11(9-19)17-21-23-24-22-17/h2-8,10,20H,1H3,(H,25,26)(H,21,22,23,24). The highest BCUT2D eigenvalue weighted by molar-refractivity contribution is 5.95. The third-order valence-corrected chi connectivity index (χ3v) is 3.60. The highest BCUT2D eigenvalue weighted by atomic mass is 16.5. The number of carboxylic acid groups (broad SMARTS) is 1. The molecule has 3 rings (SSSR count). The highest BCUT2D eigenvalue weighted by Gasteiger charge is 2.14. The first-order chi connectivity index (χ1) is 13.6. The number of aromatic nitrogens is 4. The number of hydrogen-bond donors (Lipinski definition) is 3. The van der Waals surface area contributed by atoms with Crippen molar-refractivity contribution in [3.8, 4) is 23.3 Å². The number of benzene rings is 2. The number of H-pyrrole nitrogens is 1. The fourth-order valence-electron chi connectivity index (χ4n) is 2.29. The van der Waals surface area contributed by atoms with Crippen LogP contribution in [0.15, 0.2) is 48.7 Å². The average Bonchev–Trinajstić information content (AvgIpc) is 3.24. The Kier molecular flexibility index (Phi) is 5.47. The molecule has 10 heteroatoms. The number of aromatic amines is 1. The Balaban J connectivity index is 1.87. The van der Waals surface area contributed by atoms with Crippen LogP contribution in [0.2, 0.25) is 0 Å². The smallest absolute Gasteiger partial charge is 0.337 e. The van der Waals surface area contributed by atoms with E-state index in [1.54, 1.807) is 30.3 Å². The molecule has 140 valence electrons. The molecule has 0 aliphatic heterocycles. The summed E-state index contributed by atoms with van der Waals surface area (Å²) in [6.07, 6.45) is 1.30. The van der Waals surface area contributed by atoms with Gasteiger partial charge in [0.25, 0.3) is 0 Å². The van der Waals surface area contributed by atoms with Crippen molar-refractivity contribution in [2.45, 2.75) is 0 Å². The summed E-state index contributed by atoms with van der Waals surface area (Å²) in [6.45, 7) is 0. The van der Waals surface area contributed by atoms with E-state index < -0.39 is 5.97 Å². The summed E-state index contributed by atoms with van der Waals surface area (Å²) in [6, 6.07) is 13.4. The van der Waals surface area contributed by atoms with E-state index in [1.807, 2.05) is 6.07 Å². The molecule has 0 saturated carbocycles. The van der Waals surface area contributed by atoms with E-state index in [0.717, 1.165) is 0 Å². The number of tetrazole rings is 1. The first-order valence-electron chi connectivity index (χ1n) is 7.91. The van der Waals surface area contributed by atoms with Crippen LogP contribution in [0.3, 0.4) is 0 Å². The molecule has 1 heterocycles. The molecule has 3 N–H and O–H groups in total. The van der Waals surface area contributed by atoms with E-state index in [1.165, 1.54) is 25.4 Å². The van der Waals surface area contributed by atoms with Gasteiger partial charge in [-0.25, -0.2) is 4.79 Å². The Morgan fingerprint density at radius 1 is 1.29 bits per heavy atom. The molecule has 0 bridgehead atoms. The summed E-state index contributed by atoms with van der Waals surface area (Å²) in [5, 5.41) is 34.5. The second-order valence-corrected chi connectivity index (χ2v) is 5.32. The van der Waals surface area contributed by atoms with Crippen LogP contribution in [-0.2, 0) is 0 Å². The quantitative estimate of drug-likeness (QED) is 0.528. The molecule has 28 heavy (non-hydrogen) atoms. The number of carbonyl (C=O) groups is 1. The summed E-state index contributed by atoms with van der Waals surface area (Å²) in [4.78, 5) is 11.6. The lowest BCUT2D eigenvalue weighted by molar-refractivity contribution is 0.0697. The molecular weight excluding hydrogens is 364 g/mol. The Morgan fingerprint density at radius 2 is 2.07 bits per heavy atom. The lowest BCUT2D eigenvalue weighted by Crippen LogP contribution is -2.03. The maximum Gasteiger partial charge on any atom is 0.337 e. The predicted molar refractivity (Wildman–Crippen MR) is 97.9 cm³/mol. The monoisotopic (exact) mass is 378 g/mol. The molecule has 0 saturated heterocycles. The van der Waals surface area contributed by atoms with Crippen molar-refractivity contribution in [2.75, 3.05) is 12.4 Å². The minimum atomic E-state index is -1.17. The van der Waals surface area contributed by atoms with E-state index in [9.17, 15) is 15.2 Å². The minimum absolute atomic E-state index is 0.0472. The Morgan fingerprint density at radius 3 is 2.71 bits per heavy atom. The van der Waals surface area contributed by atoms with Gasteiger partial charge in [-0.3, -0.25) is 0 Å². The highest BCUT2D eigenvalue weighted by Crippen LogP contribution is 2.32. The lowest BCUT2D eigenvalue weighted by Gasteiger charge is -2.12. The minimum Gasteiger partial charge on any atom is -0.493 e. The van der Waals surface area contributed by atoms with E-state index in [4.69, 9.17) is 9.47 Å². The molecule has 0 aliphatic carbocycles. The molecule has 0 spiro atoms. The third-order valence-electron chi connectivity index (χ3n) is 3.60. The number of nitriles is 1. The van der Waals surface area contributed by atoms with Crippen LogP contribution in [0.1, 0.15) is 16.2 Å². The van der Waals surface area contributed by atoms with Gasteiger partial charge in [0.1, 0.15) is 17.4 Å². The molecule has 10 nitrogen and oxygen atoms in total. The molecule has 0 aliphatic rings. The van der Waals surface area contributed by atoms with Crippen molar-refractivity contribution in [3.05, 3.63) is 60.1 Å². The zero-order chi connectivity index (χ0) is 19.9. The molecule has 0 atom stereocenters. The van der Waals surface area contributed by atoms with E-state index in [-0.39, 0.29) is 22.6 Å². The van der Waals surface area contributed by atoms with Gasteiger partial charge in [0.05, 0.1) is 18.4 Å². The zero-order valence-corrected chi connectivity index (χ0v) is 14.6. The summed E-state index contributed by atoms with van der Waals surface area (Å²) in [5.41, 5.74) is 0.296. The van der Waals surface area contributed by atoms with E-state index in [2.05, 4.69) is 25.9 Å². The fraction of sp³-hybridized carbons (Fsp3) is 0.0556. The van der Waals surface area contributed by atoms with Crippen molar-refractivity contribution < 1.29 is 19.4 Å². The number of nitrogens with zero attached hydrogens (tertiary/aromatic N) is 4. The van der Waals surface area contributed by atoms with Gasteiger partial charge in [-0.2, -0.15) is 10.5 Å². The second-order valence-electron chi connectivity index (χ2n) is 5.32. The van der Waals surface area contributed by atoms with Crippen LogP contribution >= 0.6 is 0 Å². The maximum atomic E-state index is 11.6. The Hall–Kier alpha value is -4.39. The van der Waals surface area contributed by atoms with Crippen LogP contribution < -0.4 is 14.8 Å².